The standard InChI is InChI=1S/C10H7F15O/c1-2(7(17,18)19)3(11)5(14,15)8(20,21)10(24,25)9(22,23)6(16,26)4(12)13/h2-4,26H,1H3. The zero-order valence-electron chi connectivity index (χ0n) is 11.8. The second-order valence-corrected chi connectivity index (χ2v) is 5.05. The monoisotopic (exact) mass is 428 g/mol. The van der Waals surface area contributed by atoms with Gasteiger partial charge in [-0.1, -0.05) is 6.92 Å². The van der Waals surface area contributed by atoms with Crippen molar-refractivity contribution >= 4 is 0 Å². The SMILES string of the molecule is CC(C(F)C(F)(F)C(F)(F)C(F)(F)C(F)(F)C(O)(F)C(F)F)C(F)(F)F. The second kappa shape index (κ2) is 6.51. The van der Waals surface area contributed by atoms with Gasteiger partial charge in [0.2, 0.25) is 0 Å². The Morgan fingerprint density at radius 3 is 1.23 bits per heavy atom. The highest BCUT2D eigenvalue weighted by Gasteiger charge is 2.88. The molecule has 3 atom stereocenters. The summed E-state index contributed by atoms with van der Waals surface area (Å²) in [6.45, 7) is -0.532. The average molecular weight is 428 g/mol. The minimum atomic E-state index is -7.95. The van der Waals surface area contributed by atoms with Crippen LogP contribution in [0.1, 0.15) is 6.92 Å². The first kappa shape index (κ1) is 24.9. The van der Waals surface area contributed by atoms with Gasteiger partial charge in [-0.25, -0.2) is 13.2 Å². The Balaban J connectivity index is 6.27. The normalized spacial score (nSPS) is 20.1. The van der Waals surface area contributed by atoms with Crippen LogP contribution in [0.25, 0.3) is 0 Å². The molecule has 158 valence electrons. The van der Waals surface area contributed by atoms with Crippen molar-refractivity contribution in [2.75, 3.05) is 0 Å². The van der Waals surface area contributed by atoms with Crippen molar-refractivity contribution < 1.29 is 71.0 Å². The maximum Gasteiger partial charge on any atom is 0.394 e. The topological polar surface area (TPSA) is 20.2 Å². The molecule has 26 heavy (non-hydrogen) atoms. The predicted molar refractivity (Wildman–Crippen MR) is 52.0 cm³/mol. The first-order valence-corrected chi connectivity index (χ1v) is 5.92. The third-order valence-corrected chi connectivity index (χ3v) is 3.24. The lowest BCUT2D eigenvalue weighted by Crippen LogP contribution is -2.71. The maximum absolute atomic E-state index is 13.2. The Labute approximate surface area is 133 Å². The molecule has 0 saturated heterocycles. The van der Waals surface area contributed by atoms with Crippen LogP contribution in [0.5, 0.6) is 0 Å². The smallest absolute Gasteiger partial charge is 0.353 e. The Morgan fingerprint density at radius 2 is 0.962 bits per heavy atom. The number of halogens is 15. The number of rotatable bonds is 7. The molecule has 0 spiro atoms. The number of aliphatic hydroxyl groups is 1. The summed E-state index contributed by atoms with van der Waals surface area (Å²) in [4.78, 5) is 0. The highest BCUT2D eigenvalue weighted by molar-refractivity contribution is 5.11. The van der Waals surface area contributed by atoms with Crippen molar-refractivity contribution in [3.05, 3.63) is 0 Å². The third kappa shape index (κ3) is 3.40. The molecule has 0 fully saturated rings. The largest absolute Gasteiger partial charge is 0.394 e. The molecular formula is C10H7F15O. The molecule has 0 rings (SSSR count). The zero-order chi connectivity index (χ0) is 21.7. The van der Waals surface area contributed by atoms with E-state index >= 15 is 0 Å². The van der Waals surface area contributed by atoms with E-state index in [0.29, 0.717) is 0 Å². The summed E-state index contributed by atoms with van der Waals surface area (Å²) in [6.07, 6.45) is -16.8. The molecule has 0 aromatic carbocycles. The molecule has 0 aromatic rings. The van der Waals surface area contributed by atoms with Crippen molar-refractivity contribution in [2.45, 2.75) is 55.2 Å². The molecule has 1 N–H and O–H groups in total. The van der Waals surface area contributed by atoms with Crippen LogP contribution < -0.4 is 0 Å². The van der Waals surface area contributed by atoms with Crippen molar-refractivity contribution in [1.82, 2.24) is 0 Å². The number of hydrogen-bond acceptors (Lipinski definition) is 1. The van der Waals surface area contributed by atoms with Gasteiger partial charge in [0, 0.05) is 0 Å². The summed E-state index contributed by atoms with van der Waals surface area (Å²) >= 11 is 0. The van der Waals surface area contributed by atoms with Crippen molar-refractivity contribution in [1.29, 1.82) is 0 Å². The van der Waals surface area contributed by atoms with Gasteiger partial charge in [-0.15, -0.1) is 0 Å². The molecule has 1 nitrogen and oxygen atoms in total. The van der Waals surface area contributed by atoms with E-state index in [1.807, 2.05) is 0 Å². The Bertz CT molecular complexity index is 493. The predicted octanol–water partition coefficient (Wildman–Crippen LogP) is 4.99. The minimum Gasteiger partial charge on any atom is -0.353 e. The Hall–Kier alpha value is -1.09. The van der Waals surface area contributed by atoms with Gasteiger partial charge in [0.1, 0.15) is 0 Å². The molecule has 3 unspecified atom stereocenters. The van der Waals surface area contributed by atoms with E-state index in [4.69, 9.17) is 5.11 Å². The van der Waals surface area contributed by atoms with Crippen LogP contribution in [-0.4, -0.2) is 53.4 Å². The molecule has 0 aliphatic rings. The van der Waals surface area contributed by atoms with Crippen LogP contribution in [0.2, 0.25) is 0 Å². The maximum atomic E-state index is 13.2. The number of alkyl halides is 15. The summed E-state index contributed by atoms with van der Waals surface area (Å²) in [6, 6.07) is 0. The lowest BCUT2D eigenvalue weighted by molar-refractivity contribution is -0.432. The third-order valence-electron chi connectivity index (χ3n) is 3.24. The van der Waals surface area contributed by atoms with Crippen LogP contribution in [-0.2, 0) is 0 Å². The van der Waals surface area contributed by atoms with Gasteiger partial charge < -0.3 is 5.11 Å². The molecular weight excluding hydrogens is 421 g/mol. The van der Waals surface area contributed by atoms with Gasteiger partial charge in [0.15, 0.2) is 6.17 Å². The molecule has 0 bridgehead atoms. The molecule has 0 radical (unpaired) electrons. The lowest BCUT2D eigenvalue weighted by atomic mass is 9.88. The molecule has 0 aliphatic carbocycles. The van der Waals surface area contributed by atoms with Crippen molar-refractivity contribution in [3.63, 3.8) is 0 Å². The fourth-order valence-electron chi connectivity index (χ4n) is 1.42. The van der Waals surface area contributed by atoms with Crippen LogP contribution in [0.4, 0.5) is 65.9 Å². The van der Waals surface area contributed by atoms with Crippen molar-refractivity contribution in [2.24, 2.45) is 5.92 Å². The summed E-state index contributed by atoms with van der Waals surface area (Å²) in [5.41, 5.74) is 0. The summed E-state index contributed by atoms with van der Waals surface area (Å²) in [5, 5.41) is 7.96. The Kier molecular flexibility index (Phi) is 6.24. The van der Waals surface area contributed by atoms with Crippen LogP contribution in [0.15, 0.2) is 0 Å². The molecule has 0 aromatic heterocycles. The summed E-state index contributed by atoms with van der Waals surface area (Å²) < 4.78 is 191. The van der Waals surface area contributed by atoms with Crippen LogP contribution in [0.3, 0.4) is 0 Å². The van der Waals surface area contributed by atoms with E-state index in [2.05, 4.69) is 0 Å². The van der Waals surface area contributed by atoms with E-state index in [-0.39, 0.29) is 0 Å². The van der Waals surface area contributed by atoms with Gasteiger partial charge >= 0.3 is 42.1 Å². The zero-order valence-corrected chi connectivity index (χ0v) is 11.8. The van der Waals surface area contributed by atoms with Gasteiger partial charge in [-0.05, 0) is 0 Å². The first-order valence-electron chi connectivity index (χ1n) is 5.92. The van der Waals surface area contributed by atoms with Gasteiger partial charge in [0.25, 0.3) is 0 Å². The molecule has 0 aliphatic heterocycles. The second-order valence-electron chi connectivity index (χ2n) is 5.05. The van der Waals surface area contributed by atoms with E-state index in [1.165, 1.54) is 0 Å². The minimum absolute atomic E-state index is 0.532. The highest BCUT2D eigenvalue weighted by atomic mass is 19.4. The quantitative estimate of drug-likeness (QED) is 0.567. The fourth-order valence-corrected chi connectivity index (χ4v) is 1.42. The van der Waals surface area contributed by atoms with E-state index in [1.54, 1.807) is 0 Å². The van der Waals surface area contributed by atoms with Crippen LogP contribution in [0, 0.1) is 5.92 Å². The summed E-state index contributed by atoms with van der Waals surface area (Å²) in [7, 11) is 0. The molecule has 0 heterocycles. The van der Waals surface area contributed by atoms with Crippen LogP contribution >= 0.6 is 0 Å². The molecule has 0 amide bonds. The van der Waals surface area contributed by atoms with E-state index < -0.39 is 61.2 Å². The molecule has 16 heteroatoms. The summed E-state index contributed by atoms with van der Waals surface area (Å²) in [5.74, 6) is -41.6. The first-order chi connectivity index (χ1) is 11.0. The van der Waals surface area contributed by atoms with Gasteiger partial charge in [-0.2, -0.15) is 52.7 Å². The molecule has 0 saturated carbocycles. The Morgan fingerprint density at radius 1 is 0.615 bits per heavy atom. The van der Waals surface area contributed by atoms with E-state index in [0.717, 1.165) is 0 Å². The fraction of sp³-hybridized carbons (Fsp3) is 1.00. The highest BCUT2D eigenvalue weighted by Crippen LogP contribution is 2.59. The van der Waals surface area contributed by atoms with E-state index in [9.17, 15) is 65.9 Å². The van der Waals surface area contributed by atoms with Crippen molar-refractivity contribution in [3.8, 4) is 0 Å². The number of hydrogen-bond donors (Lipinski definition) is 1. The van der Waals surface area contributed by atoms with Gasteiger partial charge in [0.05, 0.1) is 5.92 Å². The lowest BCUT2D eigenvalue weighted by Gasteiger charge is -2.41. The van der Waals surface area contributed by atoms with Gasteiger partial charge in [-0.3, -0.25) is 0 Å². The average Bonchev–Trinajstić information content (AvgIpc) is 2.43.